The molecule has 0 bridgehead atoms. The standard InChI is InChI=1S/C14H21N3O2S/c1-9-5-4-6-11(13(15)20)12(9)17-10(2)14(18)16-7-8-19-3/h4-6,10,17H,7-8H2,1-3H3,(H2,15,20)(H,16,18). The van der Waals surface area contributed by atoms with Gasteiger partial charge in [-0.05, 0) is 25.5 Å². The Labute approximate surface area is 124 Å². The Balaban J connectivity index is 2.77. The molecule has 0 saturated heterocycles. The van der Waals surface area contributed by atoms with Crippen LogP contribution in [-0.2, 0) is 9.53 Å². The number of benzene rings is 1. The molecule has 110 valence electrons. The average molecular weight is 295 g/mol. The predicted molar refractivity (Wildman–Crippen MR) is 85.0 cm³/mol. The zero-order valence-corrected chi connectivity index (χ0v) is 12.8. The number of methoxy groups -OCH3 is 1. The second kappa shape index (κ2) is 7.81. The number of anilines is 1. The Hall–Kier alpha value is -1.66. The number of hydrogen-bond acceptors (Lipinski definition) is 4. The zero-order chi connectivity index (χ0) is 15.1. The highest BCUT2D eigenvalue weighted by atomic mass is 32.1. The molecule has 5 nitrogen and oxygen atoms in total. The van der Waals surface area contributed by atoms with Crippen molar-refractivity contribution in [3.05, 3.63) is 29.3 Å². The van der Waals surface area contributed by atoms with E-state index in [4.69, 9.17) is 22.7 Å². The summed E-state index contributed by atoms with van der Waals surface area (Å²) in [6, 6.07) is 5.28. The van der Waals surface area contributed by atoms with E-state index in [-0.39, 0.29) is 11.9 Å². The van der Waals surface area contributed by atoms with E-state index in [0.29, 0.717) is 18.1 Å². The molecule has 20 heavy (non-hydrogen) atoms. The third-order valence-electron chi connectivity index (χ3n) is 2.90. The Bertz CT molecular complexity index is 491. The number of rotatable bonds is 7. The minimum absolute atomic E-state index is 0.0980. The van der Waals surface area contributed by atoms with Crippen LogP contribution in [0.2, 0.25) is 0 Å². The van der Waals surface area contributed by atoms with Crippen LogP contribution in [0.5, 0.6) is 0 Å². The molecule has 0 heterocycles. The number of carbonyl (C=O) groups is 1. The van der Waals surface area contributed by atoms with Gasteiger partial charge in [0.1, 0.15) is 11.0 Å². The van der Waals surface area contributed by atoms with E-state index in [9.17, 15) is 4.79 Å². The van der Waals surface area contributed by atoms with E-state index >= 15 is 0 Å². The van der Waals surface area contributed by atoms with Crippen LogP contribution in [0.15, 0.2) is 18.2 Å². The van der Waals surface area contributed by atoms with E-state index < -0.39 is 0 Å². The van der Waals surface area contributed by atoms with E-state index in [1.54, 1.807) is 14.0 Å². The maximum Gasteiger partial charge on any atom is 0.242 e. The van der Waals surface area contributed by atoms with Gasteiger partial charge in [-0.3, -0.25) is 4.79 Å². The Kier molecular flexibility index (Phi) is 6.41. The summed E-state index contributed by atoms with van der Waals surface area (Å²) < 4.78 is 4.89. The van der Waals surface area contributed by atoms with E-state index in [2.05, 4.69) is 10.6 Å². The van der Waals surface area contributed by atoms with Crippen molar-refractivity contribution in [2.75, 3.05) is 25.6 Å². The molecule has 1 amide bonds. The number of hydrogen-bond donors (Lipinski definition) is 3. The van der Waals surface area contributed by atoms with Gasteiger partial charge in [0, 0.05) is 24.9 Å². The fourth-order valence-corrected chi connectivity index (χ4v) is 1.95. The topological polar surface area (TPSA) is 76.4 Å². The van der Waals surface area contributed by atoms with Crippen LogP contribution in [-0.4, -0.2) is 37.2 Å². The summed E-state index contributed by atoms with van der Waals surface area (Å²) in [6.07, 6.45) is 0. The minimum atomic E-state index is -0.388. The van der Waals surface area contributed by atoms with Crippen molar-refractivity contribution in [1.82, 2.24) is 5.32 Å². The lowest BCUT2D eigenvalue weighted by Gasteiger charge is -2.19. The molecule has 1 aromatic carbocycles. The average Bonchev–Trinajstić information content (AvgIpc) is 2.40. The van der Waals surface area contributed by atoms with Gasteiger partial charge in [0.05, 0.1) is 6.61 Å². The van der Waals surface area contributed by atoms with Gasteiger partial charge in [0.2, 0.25) is 5.91 Å². The summed E-state index contributed by atoms with van der Waals surface area (Å²) in [5, 5.41) is 5.95. The highest BCUT2D eigenvalue weighted by Gasteiger charge is 2.15. The molecule has 1 atom stereocenters. The van der Waals surface area contributed by atoms with Crippen molar-refractivity contribution >= 4 is 28.8 Å². The van der Waals surface area contributed by atoms with Crippen molar-refractivity contribution < 1.29 is 9.53 Å². The molecule has 1 rings (SSSR count). The molecule has 6 heteroatoms. The van der Waals surface area contributed by atoms with Gasteiger partial charge in [-0.25, -0.2) is 0 Å². The molecule has 4 N–H and O–H groups in total. The molecule has 0 radical (unpaired) electrons. The van der Waals surface area contributed by atoms with E-state index in [1.807, 2.05) is 25.1 Å². The summed E-state index contributed by atoms with van der Waals surface area (Å²) in [6.45, 7) is 4.70. The van der Waals surface area contributed by atoms with Crippen LogP contribution in [0.4, 0.5) is 5.69 Å². The second-order valence-corrected chi connectivity index (χ2v) is 4.95. The van der Waals surface area contributed by atoms with Crippen molar-refractivity contribution in [3.8, 4) is 0 Å². The smallest absolute Gasteiger partial charge is 0.242 e. The normalized spacial score (nSPS) is 11.8. The third kappa shape index (κ3) is 4.47. The molecular weight excluding hydrogens is 274 g/mol. The number of nitrogens with one attached hydrogen (secondary N) is 2. The lowest BCUT2D eigenvalue weighted by Crippen LogP contribution is -2.39. The lowest BCUT2D eigenvalue weighted by molar-refractivity contribution is -0.121. The monoisotopic (exact) mass is 295 g/mol. The molecule has 0 aromatic heterocycles. The Morgan fingerprint density at radius 3 is 2.80 bits per heavy atom. The molecule has 0 aliphatic rings. The molecule has 0 aliphatic heterocycles. The van der Waals surface area contributed by atoms with Gasteiger partial charge < -0.3 is 21.1 Å². The van der Waals surface area contributed by atoms with Crippen molar-refractivity contribution in [2.24, 2.45) is 5.73 Å². The molecule has 1 unspecified atom stereocenters. The maximum atomic E-state index is 11.9. The first kappa shape index (κ1) is 16.4. The maximum absolute atomic E-state index is 11.9. The first-order valence-corrected chi connectivity index (χ1v) is 6.80. The highest BCUT2D eigenvalue weighted by Crippen LogP contribution is 2.21. The molecule has 0 saturated carbocycles. The predicted octanol–water partition coefficient (Wildman–Crippen LogP) is 1.19. The second-order valence-electron chi connectivity index (χ2n) is 4.51. The summed E-state index contributed by atoms with van der Waals surface area (Å²) >= 11 is 5.03. The highest BCUT2D eigenvalue weighted by molar-refractivity contribution is 7.80. The van der Waals surface area contributed by atoms with Gasteiger partial charge in [-0.15, -0.1) is 0 Å². The molecule has 0 fully saturated rings. The SMILES string of the molecule is COCCNC(=O)C(C)Nc1c(C)cccc1C(N)=S. The largest absolute Gasteiger partial charge is 0.389 e. The van der Waals surface area contributed by atoms with Crippen LogP contribution in [0.25, 0.3) is 0 Å². The zero-order valence-electron chi connectivity index (χ0n) is 12.0. The molecule has 0 aliphatic carbocycles. The number of aryl methyl sites for hydroxylation is 1. The molecular formula is C14H21N3O2S. The fourth-order valence-electron chi connectivity index (χ4n) is 1.78. The van der Waals surface area contributed by atoms with Gasteiger partial charge in [0.25, 0.3) is 0 Å². The first-order valence-electron chi connectivity index (χ1n) is 6.40. The van der Waals surface area contributed by atoms with Gasteiger partial charge in [-0.1, -0.05) is 24.4 Å². The van der Waals surface area contributed by atoms with Crippen LogP contribution < -0.4 is 16.4 Å². The van der Waals surface area contributed by atoms with Crippen LogP contribution in [0, 0.1) is 6.92 Å². The summed E-state index contributed by atoms with van der Waals surface area (Å²) in [7, 11) is 1.59. The first-order chi connectivity index (χ1) is 9.47. The minimum Gasteiger partial charge on any atom is -0.389 e. The van der Waals surface area contributed by atoms with Crippen molar-refractivity contribution in [3.63, 3.8) is 0 Å². The summed E-state index contributed by atoms with van der Waals surface area (Å²) in [5.41, 5.74) is 8.25. The number of carbonyl (C=O) groups excluding carboxylic acids is 1. The number of nitrogens with two attached hydrogens (primary N) is 1. The van der Waals surface area contributed by atoms with Gasteiger partial charge in [-0.2, -0.15) is 0 Å². The quantitative estimate of drug-likeness (QED) is 0.520. The lowest BCUT2D eigenvalue weighted by atomic mass is 10.1. The number of thiocarbonyl (C=S) groups is 1. The van der Waals surface area contributed by atoms with E-state index in [0.717, 1.165) is 16.8 Å². The van der Waals surface area contributed by atoms with E-state index in [1.165, 1.54) is 0 Å². The summed E-state index contributed by atoms with van der Waals surface area (Å²) in [5.74, 6) is -0.0980. The molecule has 0 spiro atoms. The molecule has 1 aromatic rings. The third-order valence-corrected chi connectivity index (χ3v) is 3.12. The number of ether oxygens (including phenoxy) is 1. The number of amides is 1. The Morgan fingerprint density at radius 1 is 1.50 bits per heavy atom. The van der Waals surface area contributed by atoms with Crippen molar-refractivity contribution in [1.29, 1.82) is 0 Å². The fraction of sp³-hybridized carbons (Fsp3) is 0.429. The van der Waals surface area contributed by atoms with Crippen LogP contribution in [0.3, 0.4) is 0 Å². The Morgan fingerprint density at radius 2 is 2.20 bits per heavy atom. The van der Waals surface area contributed by atoms with Gasteiger partial charge in [0.15, 0.2) is 0 Å². The van der Waals surface area contributed by atoms with Crippen LogP contribution >= 0.6 is 12.2 Å². The number of para-hydroxylation sites is 1. The van der Waals surface area contributed by atoms with Crippen LogP contribution in [0.1, 0.15) is 18.1 Å². The summed E-state index contributed by atoms with van der Waals surface area (Å²) in [4.78, 5) is 12.2. The van der Waals surface area contributed by atoms with Crippen molar-refractivity contribution in [2.45, 2.75) is 19.9 Å². The van der Waals surface area contributed by atoms with Gasteiger partial charge >= 0.3 is 0 Å².